The first-order chi connectivity index (χ1) is 7.22. The lowest BCUT2D eigenvalue weighted by atomic mass is 10.6. The van der Waals surface area contributed by atoms with Crippen LogP contribution in [-0.4, -0.2) is 35.3 Å². The number of aromatic nitrogens is 2. The zero-order valence-electron chi connectivity index (χ0n) is 8.02. The Bertz CT molecular complexity index is 327. The standard InChI is InChI=1S/C7H10N4O3S/c1-2-14-5(12)3-8-6(13)10-7-11-9-4-15-7/h4H,2-3H2,1H3,(H2,8,10,11,13). The van der Waals surface area contributed by atoms with Gasteiger partial charge in [-0.15, -0.1) is 10.2 Å². The molecule has 0 atom stereocenters. The van der Waals surface area contributed by atoms with Gasteiger partial charge in [0, 0.05) is 0 Å². The molecule has 7 nitrogen and oxygen atoms in total. The first-order valence-electron chi connectivity index (χ1n) is 4.19. The van der Waals surface area contributed by atoms with Crippen molar-refractivity contribution < 1.29 is 14.3 Å². The Labute approximate surface area is 89.8 Å². The fraction of sp³-hybridized carbons (Fsp3) is 0.429. The maximum absolute atomic E-state index is 11.1. The van der Waals surface area contributed by atoms with Crippen LogP contribution in [0.2, 0.25) is 0 Å². The first-order valence-corrected chi connectivity index (χ1v) is 5.07. The lowest BCUT2D eigenvalue weighted by molar-refractivity contribution is -0.141. The molecule has 0 saturated carbocycles. The predicted molar refractivity (Wildman–Crippen MR) is 53.6 cm³/mol. The van der Waals surface area contributed by atoms with Crippen molar-refractivity contribution in [2.45, 2.75) is 6.92 Å². The third-order valence-corrected chi connectivity index (χ3v) is 1.89. The maximum atomic E-state index is 11.1. The van der Waals surface area contributed by atoms with E-state index < -0.39 is 12.0 Å². The van der Waals surface area contributed by atoms with Crippen LogP contribution in [-0.2, 0) is 9.53 Å². The molecule has 2 N–H and O–H groups in total. The maximum Gasteiger partial charge on any atom is 0.325 e. The Balaban J connectivity index is 2.22. The van der Waals surface area contributed by atoms with Crippen molar-refractivity contribution in [2.24, 2.45) is 0 Å². The number of nitrogens with one attached hydrogen (secondary N) is 2. The lowest BCUT2D eigenvalue weighted by Gasteiger charge is -2.04. The van der Waals surface area contributed by atoms with Gasteiger partial charge in [0.05, 0.1) is 6.61 Å². The average molecular weight is 230 g/mol. The van der Waals surface area contributed by atoms with Gasteiger partial charge in [0.1, 0.15) is 12.1 Å². The number of carbonyl (C=O) groups is 2. The van der Waals surface area contributed by atoms with Crippen molar-refractivity contribution in [1.82, 2.24) is 15.5 Å². The van der Waals surface area contributed by atoms with Crippen LogP contribution in [0.4, 0.5) is 9.93 Å². The van der Waals surface area contributed by atoms with E-state index in [4.69, 9.17) is 0 Å². The van der Waals surface area contributed by atoms with Crippen molar-refractivity contribution in [1.29, 1.82) is 0 Å². The summed E-state index contributed by atoms with van der Waals surface area (Å²) in [5.74, 6) is -0.482. The number of urea groups is 1. The first kappa shape index (κ1) is 11.4. The third-order valence-electron chi connectivity index (χ3n) is 1.28. The minimum absolute atomic E-state index is 0.168. The summed E-state index contributed by atoms with van der Waals surface area (Å²) in [4.78, 5) is 22.0. The zero-order valence-corrected chi connectivity index (χ0v) is 8.84. The highest BCUT2D eigenvalue weighted by Crippen LogP contribution is 2.06. The summed E-state index contributed by atoms with van der Waals surface area (Å²) in [6.07, 6.45) is 0. The molecule has 0 aliphatic heterocycles. The highest BCUT2D eigenvalue weighted by molar-refractivity contribution is 7.13. The second kappa shape index (κ2) is 5.91. The molecule has 0 aliphatic rings. The molecule has 0 radical (unpaired) electrons. The Morgan fingerprint density at radius 2 is 2.40 bits per heavy atom. The topological polar surface area (TPSA) is 93.2 Å². The minimum Gasteiger partial charge on any atom is -0.465 e. The van der Waals surface area contributed by atoms with E-state index in [1.165, 1.54) is 16.8 Å². The highest BCUT2D eigenvalue weighted by Gasteiger charge is 2.06. The number of amides is 2. The van der Waals surface area contributed by atoms with Crippen LogP contribution >= 0.6 is 11.3 Å². The average Bonchev–Trinajstić information content (AvgIpc) is 2.68. The van der Waals surface area contributed by atoms with Crippen molar-refractivity contribution in [3.63, 3.8) is 0 Å². The molecule has 0 aliphatic carbocycles. The van der Waals surface area contributed by atoms with E-state index in [9.17, 15) is 9.59 Å². The molecule has 8 heteroatoms. The number of rotatable bonds is 4. The second-order valence-electron chi connectivity index (χ2n) is 2.36. The largest absolute Gasteiger partial charge is 0.465 e. The van der Waals surface area contributed by atoms with Gasteiger partial charge in [-0.3, -0.25) is 10.1 Å². The molecule has 2 amide bonds. The Morgan fingerprint density at radius 3 is 3.00 bits per heavy atom. The van der Waals surface area contributed by atoms with Gasteiger partial charge >= 0.3 is 12.0 Å². The van der Waals surface area contributed by atoms with E-state index in [0.717, 1.165) is 0 Å². The fourth-order valence-electron chi connectivity index (χ4n) is 0.733. The molecule has 1 aromatic rings. The normalized spacial score (nSPS) is 9.40. The third kappa shape index (κ3) is 4.36. The Morgan fingerprint density at radius 1 is 1.60 bits per heavy atom. The van der Waals surface area contributed by atoms with E-state index in [1.807, 2.05) is 0 Å². The number of hydrogen-bond acceptors (Lipinski definition) is 6. The van der Waals surface area contributed by atoms with Crippen LogP contribution < -0.4 is 10.6 Å². The molecule has 82 valence electrons. The van der Waals surface area contributed by atoms with Gasteiger partial charge in [-0.1, -0.05) is 11.3 Å². The van der Waals surface area contributed by atoms with Crippen molar-refractivity contribution in [2.75, 3.05) is 18.5 Å². The van der Waals surface area contributed by atoms with Crippen LogP contribution in [0.25, 0.3) is 0 Å². The van der Waals surface area contributed by atoms with Gasteiger partial charge in [-0.25, -0.2) is 4.79 Å². The molecule has 0 aromatic carbocycles. The molecule has 15 heavy (non-hydrogen) atoms. The van der Waals surface area contributed by atoms with Gasteiger partial charge in [0.2, 0.25) is 5.13 Å². The Hall–Kier alpha value is -1.70. The molecule has 0 bridgehead atoms. The predicted octanol–water partition coefficient (Wildman–Crippen LogP) is 0.223. The van der Waals surface area contributed by atoms with Crippen LogP contribution in [0.1, 0.15) is 6.92 Å². The summed E-state index contributed by atoms with van der Waals surface area (Å²) in [5, 5.41) is 12.2. The number of anilines is 1. The summed E-state index contributed by atoms with van der Waals surface area (Å²) in [6.45, 7) is 1.82. The molecule has 0 unspecified atom stereocenters. The summed E-state index contributed by atoms with van der Waals surface area (Å²) < 4.78 is 4.62. The number of ether oxygens (including phenoxy) is 1. The summed E-state index contributed by atoms with van der Waals surface area (Å²) in [6, 6.07) is -0.514. The molecular formula is C7H10N4O3S. The van der Waals surface area contributed by atoms with Gasteiger partial charge in [-0.2, -0.15) is 0 Å². The van der Waals surface area contributed by atoms with Gasteiger partial charge in [0.25, 0.3) is 0 Å². The molecule has 0 fully saturated rings. The second-order valence-corrected chi connectivity index (χ2v) is 3.19. The van der Waals surface area contributed by atoms with Crippen LogP contribution in [0.5, 0.6) is 0 Å². The van der Waals surface area contributed by atoms with E-state index in [2.05, 4.69) is 25.6 Å². The SMILES string of the molecule is CCOC(=O)CNC(=O)Nc1nncs1. The molecule has 1 aromatic heterocycles. The quantitative estimate of drug-likeness (QED) is 0.722. The Kier molecular flexibility index (Phi) is 4.48. The van der Waals surface area contributed by atoms with Gasteiger partial charge in [-0.05, 0) is 6.92 Å². The van der Waals surface area contributed by atoms with E-state index in [1.54, 1.807) is 6.92 Å². The van der Waals surface area contributed by atoms with Crippen LogP contribution in [0, 0.1) is 0 Å². The van der Waals surface area contributed by atoms with Gasteiger partial charge < -0.3 is 10.1 Å². The van der Waals surface area contributed by atoms with E-state index >= 15 is 0 Å². The smallest absolute Gasteiger partial charge is 0.325 e. The number of esters is 1. The molecular weight excluding hydrogens is 220 g/mol. The summed E-state index contributed by atoms with van der Waals surface area (Å²) in [7, 11) is 0. The van der Waals surface area contributed by atoms with Crippen LogP contribution in [0.15, 0.2) is 5.51 Å². The van der Waals surface area contributed by atoms with Crippen LogP contribution in [0.3, 0.4) is 0 Å². The number of hydrogen-bond donors (Lipinski definition) is 2. The highest BCUT2D eigenvalue weighted by atomic mass is 32.1. The minimum atomic E-state index is -0.514. The molecule has 1 rings (SSSR count). The van der Waals surface area contributed by atoms with Crippen molar-refractivity contribution in [3.05, 3.63) is 5.51 Å². The van der Waals surface area contributed by atoms with E-state index in [0.29, 0.717) is 11.7 Å². The number of nitrogens with zero attached hydrogens (tertiary/aromatic N) is 2. The lowest BCUT2D eigenvalue weighted by Crippen LogP contribution is -2.34. The van der Waals surface area contributed by atoms with Crippen molar-refractivity contribution in [3.8, 4) is 0 Å². The molecule has 1 heterocycles. The molecule has 0 spiro atoms. The summed E-state index contributed by atoms with van der Waals surface area (Å²) >= 11 is 1.19. The monoisotopic (exact) mass is 230 g/mol. The number of carbonyl (C=O) groups excluding carboxylic acids is 2. The van der Waals surface area contributed by atoms with Gasteiger partial charge in [0.15, 0.2) is 0 Å². The zero-order chi connectivity index (χ0) is 11.1. The van der Waals surface area contributed by atoms with E-state index in [-0.39, 0.29) is 6.54 Å². The fourth-order valence-corrected chi connectivity index (χ4v) is 1.17. The van der Waals surface area contributed by atoms with Crippen molar-refractivity contribution >= 4 is 28.5 Å². The molecule has 0 saturated heterocycles. The summed E-state index contributed by atoms with van der Waals surface area (Å²) in [5.41, 5.74) is 1.49.